The van der Waals surface area contributed by atoms with Gasteiger partial charge >= 0.3 is 6.09 Å². The van der Waals surface area contributed by atoms with E-state index in [0.29, 0.717) is 29.8 Å². The number of benzene rings is 1. The van der Waals surface area contributed by atoms with Crippen LogP contribution in [0.3, 0.4) is 0 Å². The van der Waals surface area contributed by atoms with Crippen LogP contribution in [0.4, 0.5) is 10.7 Å². The average Bonchev–Trinajstić information content (AvgIpc) is 3.23. The van der Waals surface area contributed by atoms with E-state index in [1.54, 1.807) is 38.9 Å². The van der Waals surface area contributed by atoms with Gasteiger partial charge < -0.3 is 24.8 Å². The molecule has 0 aliphatic carbocycles. The number of nitrogens with one attached hydrogen (secondary N) is 2. The first-order chi connectivity index (χ1) is 16.6. The fourth-order valence-electron chi connectivity index (χ4n) is 4.06. The van der Waals surface area contributed by atoms with E-state index in [2.05, 4.69) is 20.3 Å². The summed E-state index contributed by atoms with van der Waals surface area (Å²) in [4.78, 5) is 40.2. The van der Waals surface area contributed by atoms with Crippen molar-refractivity contribution in [3.63, 3.8) is 0 Å². The molecule has 35 heavy (non-hydrogen) atoms. The van der Waals surface area contributed by atoms with Gasteiger partial charge in [-0.15, -0.1) is 0 Å². The summed E-state index contributed by atoms with van der Waals surface area (Å²) in [6.07, 6.45) is 4.50. The van der Waals surface area contributed by atoms with E-state index >= 15 is 0 Å². The summed E-state index contributed by atoms with van der Waals surface area (Å²) in [5.74, 6) is 0.408. The van der Waals surface area contributed by atoms with Crippen LogP contribution in [0.5, 0.6) is 0 Å². The van der Waals surface area contributed by atoms with Crippen molar-refractivity contribution in [1.29, 1.82) is 0 Å². The third kappa shape index (κ3) is 6.03. The van der Waals surface area contributed by atoms with Crippen LogP contribution >= 0.6 is 11.6 Å². The Bertz CT molecular complexity index is 1210. The Morgan fingerprint density at radius 1 is 1.26 bits per heavy atom. The molecule has 2 amide bonds. The molecule has 1 saturated heterocycles. The number of hydrogen-bond donors (Lipinski definition) is 2. The Hall–Kier alpha value is -3.33. The molecule has 3 heterocycles. The number of hydrogen-bond acceptors (Lipinski definition) is 6. The van der Waals surface area contributed by atoms with Crippen LogP contribution in [0, 0.1) is 0 Å². The third-order valence-electron chi connectivity index (χ3n) is 5.85. The van der Waals surface area contributed by atoms with Crippen molar-refractivity contribution >= 4 is 40.5 Å². The lowest BCUT2D eigenvalue weighted by molar-refractivity contribution is -0.133. The van der Waals surface area contributed by atoms with Crippen LogP contribution < -0.4 is 5.32 Å². The number of piperidine rings is 1. The summed E-state index contributed by atoms with van der Waals surface area (Å²) in [6, 6.07) is 8.12. The van der Waals surface area contributed by atoms with Crippen molar-refractivity contribution in [2.45, 2.75) is 45.3 Å². The number of ether oxygens (including phenoxy) is 1. The van der Waals surface area contributed by atoms with Gasteiger partial charge in [0.15, 0.2) is 0 Å². The van der Waals surface area contributed by atoms with Crippen molar-refractivity contribution in [3.8, 4) is 11.3 Å². The summed E-state index contributed by atoms with van der Waals surface area (Å²) in [7, 11) is 1.57. The minimum atomic E-state index is -0.601. The summed E-state index contributed by atoms with van der Waals surface area (Å²) >= 11 is 6.44. The maximum absolute atomic E-state index is 12.7. The van der Waals surface area contributed by atoms with Crippen LogP contribution in [-0.4, -0.2) is 75.1 Å². The fraction of sp³-hybridized carbons (Fsp3) is 0.440. The molecule has 1 aromatic carbocycles. The number of halogens is 1. The molecular formula is C25H31ClN6O3. The Kier molecular flexibility index (Phi) is 7.16. The van der Waals surface area contributed by atoms with Crippen molar-refractivity contribution < 1.29 is 14.3 Å². The smallest absolute Gasteiger partial charge is 0.410 e. The molecule has 1 fully saturated rings. The summed E-state index contributed by atoms with van der Waals surface area (Å²) in [5, 5.41) is 4.91. The second-order valence-corrected chi connectivity index (χ2v) is 10.2. The minimum Gasteiger partial charge on any atom is -0.444 e. The maximum Gasteiger partial charge on any atom is 0.410 e. The van der Waals surface area contributed by atoms with Crippen LogP contribution in [0.25, 0.3) is 22.2 Å². The number of nitrogens with zero attached hydrogens (tertiary/aromatic N) is 4. The molecule has 1 aliphatic rings. The molecule has 2 aromatic heterocycles. The highest BCUT2D eigenvalue weighted by atomic mass is 35.5. The molecule has 0 radical (unpaired) electrons. The highest BCUT2D eigenvalue weighted by molar-refractivity contribution is 6.33. The van der Waals surface area contributed by atoms with Crippen molar-refractivity contribution in [2.24, 2.45) is 0 Å². The summed E-state index contributed by atoms with van der Waals surface area (Å²) in [6.45, 7) is 6.55. The third-order valence-corrected chi connectivity index (χ3v) is 6.12. The van der Waals surface area contributed by atoms with Crippen molar-refractivity contribution in [3.05, 3.63) is 41.7 Å². The lowest BCUT2D eigenvalue weighted by Gasteiger charge is -2.33. The lowest BCUT2D eigenvalue weighted by Crippen LogP contribution is -2.47. The number of H-pyrrole nitrogens is 1. The Balaban J connectivity index is 1.34. The zero-order chi connectivity index (χ0) is 25.2. The number of fused-ring (bicyclic) bond motifs is 1. The van der Waals surface area contributed by atoms with Gasteiger partial charge in [-0.3, -0.25) is 4.79 Å². The van der Waals surface area contributed by atoms with Crippen molar-refractivity contribution in [1.82, 2.24) is 24.8 Å². The summed E-state index contributed by atoms with van der Waals surface area (Å²) in [5.41, 5.74) is 2.00. The van der Waals surface area contributed by atoms with Crippen LogP contribution in [0.2, 0.25) is 5.02 Å². The van der Waals surface area contributed by atoms with E-state index in [9.17, 15) is 9.59 Å². The van der Waals surface area contributed by atoms with Gasteiger partial charge in [0.05, 0.1) is 16.9 Å². The number of rotatable bonds is 5. The molecule has 4 rings (SSSR count). The van der Waals surface area contributed by atoms with Gasteiger partial charge in [-0.2, -0.15) is 0 Å². The van der Waals surface area contributed by atoms with Crippen LogP contribution in [0.1, 0.15) is 33.6 Å². The minimum absolute atomic E-state index is 0.0126. The number of aromatic amines is 1. The molecular weight excluding hydrogens is 468 g/mol. The molecule has 0 atom stereocenters. The Morgan fingerprint density at radius 3 is 2.69 bits per heavy atom. The van der Waals surface area contributed by atoms with Gasteiger partial charge in [0.1, 0.15) is 12.1 Å². The van der Waals surface area contributed by atoms with Crippen molar-refractivity contribution in [2.75, 3.05) is 32.0 Å². The molecule has 9 nitrogen and oxygen atoms in total. The van der Waals surface area contributed by atoms with Gasteiger partial charge in [-0.05, 0) is 39.7 Å². The molecule has 3 aromatic rings. The second kappa shape index (κ2) is 10.1. The number of aromatic nitrogens is 3. The standard InChI is InChI=1S/C25H31ClN6O3/c1-25(2,3)35-24(34)31(4)15-21(33)32-11-9-16(10-12-32)29-23-28-14-19(26)22(30-23)18-13-27-20-8-6-5-7-17(18)20/h5-8,13-14,16,27H,9-12,15H2,1-4H3,(H,28,29,30). The highest BCUT2D eigenvalue weighted by Gasteiger charge is 2.27. The number of anilines is 1. The molecule has 186 valence electrons. The van der Waals surface area contributed by atoms with Gasteiger partial charge in [-0.1, -0.05) is 29.8 Å². The summed E-state index contributed by atoms with van der Waals surface area (Å²) < 4.78 is 5.32. The highest BCUT2D eigenvalue weighted by Crippen LogP contribution is 2.32. The van der Waals surface area contributed by atoms with E-state index in [1.807, 2.05) is 30.5 Å². The van der Waals surface area contributed by atoms with E-state index in [-0.39, 0.29) is 18.5 Å². The second-order valence-electron chi connectivity index (χ2n) is 9.77. The quantitative estimate of drug-likeness (QED) is 0.535. The maximum atomic E-state index is 12.7. The van der Waals surface area contributed by atoms with E-state index in [0.717, 1.165) is 29.3 Å². The molecule has 0 unspecified atom stereocenters. The van der Waals surface area contributed by atoms with Crippen LogP contribution in [-0.2, 0) is 9.53 Å². The van der Waals surface area contributed by atoms with Gasteiger partial charge in [0.25, 0.3) is 0 Å². The number of likely N-dealkylation sites (N-methyl/N-ethyl adjacent to an activating group) is 1. The monoisotopic (exact) mass is 498 g/mol. The predicted octanol–water partition coefficient (Wildman–Crippen LogP) is 4.55. The zero-order valence-electron chi connectivity index (χ0n) is 20.5. The van der Waals surface area contributed by atoms with Gasteiger partial charge in [0.2, 0.25) is 11.9 Å². The molecule has 2 N–H and O–H groups in total. The predicted molar refractivity (Wildman–Crippen MR) is 136 cm³/mol. The first-order valence-electron chi connectivity index (χ1n) is 11.7. The van der Waals surface area contributed by atoms with Gasteiger partial charge in [0, 0.05) is 48.8 Å². The first kappa shape index (κ1) is 24.8. The van der Waals surface area contributed by atoms with E-state index in [1.165, 1.54) is 4.90 Å². The normalized spacial score (nSPS) is 14.7. The molecule has 10 heteroatoms. The molecule has 0 bridgehead atoms. The van der Waals surface area contributed by atoms with E-state index in [4.69, 9.17) is 16.3 Å². The largest absolute Gasteiger partial charge is 0.444 e. The number of para-hydroxylation sites is 1. The lowest BCUT2D eigenvalue weighted by atomic mass is 10.1. The number of amides is 2. The Morgan fingerprint density at radius 2 is 1.97 bits per heavy atom. The number of carbonyl (C=O) groups is 2. The Labute approximate surface area is 209 Å². The first-order valence-corrected chi connectivity index (χ1v) is 12.1. The average molecular weight is 499 g/mol. The topological polar surface area (TPSA) is 103 Å². The molecule has 0 spiro atoms. The van der Waals surface area contributed by atoms with Gasteiger partial charge in [-0.25, -0.2) is 14.8 Å². The van der Waals surface area contributed by atoms with E-state index < -0.39 is 11.7 Å². The zero-order valence-corrected chi connectivity index (χ0v) is 21.2. The van der Waals surface area contributed by atoms with Crippen LogP contribution in [0.15, 0.2) is 36.7 Å². The SMILES string of the molecule is CN(CC(=O)N1CCC(Nc2ncc(Cl)c(-c3c[nH]c4ccccc34)n2)CC1)C(=O)OC(C)(C)C. The number of carbonyl (C=O) groups excluding carboxylic acids is 2. The number of likely N-dealkylation sites (tertiary alicyclic amines) is 1. The molecule has 0 saturated carbocycles. The fourth-order valence-corrected chi connectivity index (χ4v) is 4.25. The molecule has 1 aliphatic heterocycles.